The van der Waals surface area contributed by atoms with Crippen molar-refractivity contribution in [2.24, 2.45) is 7.05 Å². The van der Waals surface area contributed by atoms with Crippen LogP contribution in [0.4, 0.5) is 8.78 Å². The lowest BCUT2D eigenvalue weighted by Crippen LogP contribution is -2.31. The summed E-state index contributed by atoms with van der Waals surface area (Å²) >= 11 is 0. The predicted octanol–water partition coefficient (Wildman–Crippen LogP) is 3.58. The number of fused-ring (bicyclic) bond motifs is 3. The van der Waals surface area contributed by atoms with Gasteiger partial charge in [0, 0.05) is 42.4 Å². The number of ether oxygens (including phenoxy) is 1. The zero-order chi connectivity index (χ0) is 20.1. The molecule has 1 aliphatic rings. The average Bonchev–Trinajstić information content (AvgIpc) is 2.99. The highest BCUT2D eigenvalue weighted by atomic mass is 19.1. The van der Waals surface area contributed by atoms with Crippen molar-refractivity contribution in [1.82, 2.24) is 19.1 Å². The van der Waals surface area contributed by atoms with Crippen LogP contribution in [0.2, 0.25) is 0 Å². The van der Waals surface area contributed by atoms with Crippen molar-refractivity contribution >= 4 is 21.9 Å². The zero-order valence-electron chi connectivity index (χ0n) is 15.7. The van der Waals surface area contributed by atoms with Crippen molar-refractivity contribution < 1.29 is 13.5 Å². The van der Waals surface area contributed by atoms with Crippen molar-refractivity contribution in [3.63, 3.8) is 0 Å². The first-order valence-electron chi connectivity index (χ1n) is 9.43. The van der Waals surface area contributed by atoms with Gasteiger partial charge in [-0.2, -0.15) is 4.39 Å². The molecular formula is C21H18F2N4O2. The molecular weight excluding hydrogens is 378 g/mol. The van der Waals surface area contributed by atoms with Crippen LogP contribution in [0.25, 0.3) is 33.1 Å². The van der Waals surface area contributed by atoms with E-state index in [0.717, 1.165) is 12.8 Å². The standard InChI is InChI=1S/C21H18F2N4O2/c1-26-18-10-24-17-8-16(22)14(12-4-5-19(23)25-9-12)7-15(17)20(18)27(21(26)28)13-3-2-6-29-11-13/h4-5,7-10,13H,2-3,6,11H2,1H3/t13-/m0/s1. The monoisotopic (exact) mass is 396 g/mol. The molecule has 0 amide bonds. The molecule has 0 bridgehead atoms. The van der Waals surface area contributed by atoms with Crippen molar-refractivity contribution in [3.05, 3.63) is 58.9 Å². The number of hydrogen-bond donors (Lipinski definition) is 0. The van der Waals surface area contributed by atoms with Gasteiger partial charge in [0.25, 0.3) is 0 Å². The molecule has 0 spiro atoms. The number of hydrogen-bond acceptors (Lipinski definition) is 4. The first-order chi connectivity index (χ1) is 14.0. The fourth-order valence-electron chi connectivity index (χ4n) is 4.07. The van der Waals surface area contributed by atoms with Crippen LogP contribution in [0.5, 0.6) is 0 Å². The maximum Gasteiger partial charge on any atom is 0.329 e. The summed E-state index contributed by atoms with van der Waals surface area (Å²) in [5.41, 5.74) is 2.40. The third-order valence-corrected chi connectivity index (χ3v) is 5.54. The molecule has 4 aromatic rings. The Balaban J connectivity index is 1.83. The summed E-state index contributed by atoms with van der Waals surface area (Å²) in [4.78, 5) is 21.0. The van der Waals surface area contributed by atoms with Gasteiger partial charge in [0.15, 0.2) is 0 Å². The lowest BCUT2D eigenvalue weighted by Gasteiger charge is -2.23. The van der Waals surface area contributed by atoms with Crippen LogP contribution in [0, 0.1) is 11.8 Å². The van der Waals surface area contributed by atoms with Gasteiger partial charge in [0.1, 0.15) is 5.82 Å². The summed E-state index contributed by atoms with van der Waals surface area (Å²) in [5, 5.41) is 0.659. The molecule has 148 valence electrons. The molecule has 1 aliphatic heterocycles. The minimum atomic E-state index is -0.631. The smallest absolute Gasteiger partial charge is 0.329 e. The molecule has 1 aromatic carbocycles. The Morgan fingerprint density at radius 3 is 2.76 bits per heavy atom. The Labute approximate surface area is 164 Å². The molecule has 1 fully saturated rings. The molecule has 4 heterocycles. The fourth-order valence-corrected chi connectivity index (χ4v) is 4.07. The van der Waals surface area contributed by atoms with E-state index in [2.05, 4.69) is 9.97 Å². The van der Waals surface area contributed by atoms with Crippen LogP contribution < -0.4 is 5.69 Å². The van der Waals surface area contributed by atoms with E-state index < -0.39 is 11.8 Å². The van der Waals surface area contributed by atoms with Gasteiger partial charge in [0.05, 0.1) is 35.4 Å². The Bertz CT molecular complexity index is 1290. The zero-order valence-corrected chi connectivity index (χ0v) is 15.7. The van der Waals surface area contributed by atoms with Gasteiger partial charge in [0.2, 0.25) is 5.95 Å². The molecule has 0 aliphatic carbocycles. The van der Waals surface area contributed by atoms with Crippen LogP contribution >= 0.6 is 0 Å². The maximum absolute atomic E-state index is 14.8. The van der Waals surface area contributed by atoms with Gasteiger partial charge in [-0.25, -0.2) is 14.2 Å². The minimum absolute atomic E-state index is 0.0912. The van der Waals surface area contributed by atoms with Gasteiger partial charge in [-0.05, 0) is 31.0 Å². The molecule has 1 saturated heterocycles. The first-order valence-corrected chi connectivity index (χ1v) is 9.43. The summed E-state index contributed by atoms with van der Waals surface area (Å²) in [7, 11) is 1.70. The van der Waals surface area contributed by atoms with Crippen molar-refractivity contribution in [3.8, 4) is 11.1 Å². The molecule has 8 heteroatoms. The van der Waals surface area contributed by atoms with E-state index in [9.17, 15) is 13.6 Å². The largest absolute Gasteiger partial charge is 0.379 e. The predicted molar refractivity (Wildman–Crippen MR) is 105 cm³/mol. The molecule has 0 unspecified atom stereocenters. The highest BCUT2D eigenvalue weighted by Crippen LogP contribution is 2.32. The van der Waals surface area contributed by atoms with E-state index in [1.165, 1.54) is 24.4 Å². The number of pyridine rings is 2. The summed E-state index contributed by atoms with van der Waals surface area (Å²) in [6.45, 7) is 1.14. The lowest BCUT2D eigenvalue weighted by molar-refractivity contribution is 0.0593. The van der Waals surface area contributed by atoms with Crippen LogP contribution in [0.15, 0.2) is 41.5 Å². The van der Waals surface area contributed by atoms with Crippen LogP contribution in [0.1, 0.15) is 18.9 Å². The highest BCUT2D eigenvalue weighted by molar-refractivity contribution is 6.04. The number of aromatic nitrogens is 4. The summed E-state index contributed by atoms with van der Waals surface area (Å²) in [6, 6.07) is 5.58. The molecule has 5 rings (SSSR count). The molecule has 6 nitrogen and oxygen atoms in total. The Kier molecular flexibility index (Phi) is 4.16. The van der Waals surface area contributed by atoms with E-state index in [1.807, 2.05) is 0 Å². The quantitative estimate of drug-likeness (QED) is 0.486. The molecule has 0 N–H and O–H groups in total. The number of rotatable bonds is 2. The topological polar surface area (TPSA) is 61.9 Å². The van der Waals surface area contributed by atoms with Gasteiger partial charge in [-0.1, -0.05) is 0 Å². The number of benzene rings is 1. The van der Waals surface area contributed by atoms with Gasteiger partial charge < -0.3 is 4.74 Å². The number of aryl methyl sites for hydroxylation is 1. The summed E-state index contributed by atoms with van der Waals surface area (Å²) in [5.74, 6) is -1.11. The van der Waals surface area contributed by atoms with Gasteiger partial charge >= 0.3 is 5.69 Å². The Morgan fingerprint density at radius 1 is 1.17 bits per heavy atom. The molecule has 0 radical (unpaired) electrons. The average molecular weight is 396 g/mol. The highest BCUT2D eigenvalue weighted by Gasteiger charge is 2.24. The Hall–Kier alpha value is -3.13. The van der Waals surface area contributed by atoms with Gasteiger partial charge in [-0.3, -0.25) is 14.1 Å². The lowest BCUT2D eigenvalue weighted by atomic mass is 10.0. The molecule has 29 heavy (non-hydrogen) atoms. The second kappa shape index (κ2) is 6.73. The Morgan fingerprint density at radius 2 is 2.03 bits per heavy atom. The number of nitrogens with zero attached hydrogens (tertiary/aromatic N) is 4. The van der Waals surface area contributed by atoms with E-state index >= 15 is 0 Å². The van der Waals surface area contributed by atoms with Crippen LogP contribution in [-0.2, 0) is 11.8 Å². The first kappa shape index (κ1) is 17.9. The number of halogens is 2. The third kappa shape index (κ3) is 2.82. The normalized spacial score (nSPS) is 17.3. The molecule has 0 saturated carbocycles. The van der Waals surface area contributed by atoms with Crippen molar-refractivity contribution in [1.29, 1.82) is 0 Å². The van der Waals surface area contributed by atoms with Crippen LogP contribution in [0.3, 0.4) is 0 Å². The SMILES string of the molecule is Cn1c(=O)n([C@H]2CCCOC2)c2c3cc(-c4ccc(F)nc4)c(F)cc3ncc21. The second-order valence-corrected chi connectivity index (χ2v) is 7.29. The summed E-state index contributed by atoms with van der Waals surface area (Å²) in [6.07, 6.45) is 4.59. The van der Waals surface area contributed by atoms with E-state index in [1.54, 1.807) is 28.4 Å². The molecule has 1 atom stereocenters. The van der Waals surface area contributed by atoms with E-state index in [0.29, 0.717) is 40.7 Å². The van der Waals surface area contributed by atoms with Gasteiger partial charge in [-0.15, -0.1) is 0 Å². The molecule has 3 aromatic heterocycles. The van der Waals surface area contributed by atoms with E-state index in [4.69, 9.17) is 4.74 Å². The van der Waals surface area contributed by atoms with Crippen molar-refractivity contribution in [2.45, 2.75) is 18.9 Å². The van der Waals surface area contributed by atoms with Crippen LogP contribution in [-0.4, -0.2) is 32.3 Å². The number of imidazole rings is 1. The van der Waals surface area contributed by atoms with Crippen molar-refractivity contribution in [2.75, 3.05) is 13.2 Å². The van der Waals surface area contributed by atoms with E-state index in [-0.39, 0.29) is 17.3 Å². The third-order valence-electron chi connectivity index (χ3n) is 5.54. The second-order valence-electron chi connectivity index (χ2n) is 7.29. The summed E-state index contributed by atoms with van der Waals surface area (Å²) < 4.78 is 36.9. The maximum atomic E-state index is 14.8. The minimum Gasteiger partial charge on any atom is -0.379 e. The fraction of sp³-hybridized carbons (Fsp3) is 0.286.